The van der Waals surface area contributed by atoms with Crippen LogP contribution in [0, 0.1) is 23.7 Å². The summed E-state index contributed by atoms with van der Waals surface area (Å²) in [6.45, 7) is 6.15. The number of ether oxygens (including phenoxy) is 1. The molecule has 3 N–H and O–H groups in total. The number of halogens is 4. The highest BCUT2D eigenvalue weighted by Crippen LogP contribution is 2.44. The lowest BCUT2D eigenvalue weighted by Gasteiger charge is -2.43. The molecule has 12 amide bonds. The van der Waals surface area contributed by atoms with E-state index in [1.54, 1.807) is 11.8 Å². The molecule has 0 bridgehead atoms. The van der Waals surface area contributed by atoms with Gasteiger partial charge in [0.25, 0.3) is 0 Å². The van der Waals surface area contributed by atoms with Gasteiger partial charge in [-0.15, -0.1) is 11.6 Å². The van der Waals surface area contributed by atoms with Gasteiger partial charge >= 0.3 is 6.18 Å². The van der Waals surface area contributed by atoms with Gasteiger partial charge in [0.15, 0.2) is 0 Å². The average Bonchev–Trinajstić information content (AvgIpc) is 1.69. The van der Waals surface area contributed by atoms with Crippen LogP contribution in [0.15, 0.2) is 0 Å². The van der Waals surface area contributed by atoms with Crippen molar-refractivity contribution >= 4 is 82.5 Å². The highest BCUT2D eigenvalue weighted by molar-refractivity contribution is 6.21. The van der Waals surface area contributed by atoms with Crippen LogP contribution in [0.2, 0.25) is 0 Å². The number of alkyl halides is 4. The third-order valence-electron chi connectivity index (χ3n) is 21.4. The molecular formula is C68H110ClF3N12O13. The second-order valence-electron chi connectivity index (χ2n) is 28.4. The molecule has 3 unspecified atom stereocenters. The second kappa shape index (κ2) is 36.1. The van der Waals surface area contributed by atoms with Crippen molar-refractivity contribution in [2.24, 2.45) is 23.7 Å². The molecule has 3 saturated carbocycles. The lowest BCUT2D eigenvalue weighted by atomic mass is 9.78. The van der Waals surface area contributed by atoms with Crippen LogP contribution in [0.1, 0.15) is 175 Å². The summed E-state index contributed by atoms with van der Waals surface area (Å²) in [5.41, 5.74) is -1.55. The van der Waals surface area contributed by atoms with Crippen molar-refractivity contribution in [3.05, 3.63) is 0 Å². The van der Waals surface area contributed by atoms with Crippen LogP contribution in [0.3, 0.4) is 0 Å². The summed E-state index contributed by atoms with van der Waals surface area (Å²) in [6, 6.07) is -8.77. The summed E-state index contributed by atoms with van der Waals surface area (Å²) >= 11 is 6.37. The predicted octanol–water partition coefficient (Wildman–Crippen LogP) is 4.30. The van der Waals surface area contributed by atoms with Crippen molar-refractivity contribution < 1.29 is 75.4 Å². The van der Waals surface area contributed by atoms with E-state index in [1.165, 1.54) is 68.9 Å². The van der Waals surface area contributed by atoms with E-state index < -0.39 is 174 Å². The molecule has 25 nitrogen and oxygen atoms in total. The Labute approximate surface area is 575 Å². The van der Waals surface area contributed by atoms with E-state index in [0.29, 0.717) is 77.3 Å². The smallest absolute Gasteiger partial charge is 0.379 e. The first-order chi connectivity index (χ1) is 45.8. The largest absolute Gasteiger partial charge is 0.393 e. The fraction of sp³-hybridized carbons (Fsp3) is 0.824. The van der Waals surface area contributed by atoms with Gasteiger partial charge in [0, 0.05) is 81.0 Å². The number of likely N-dealkylation sites (N-methyl/N-ethyl adjacent to an activating group) is 7. The van der Waals surface area contributed by atoms with Crippen molar-refractivity contribution in [2.75, 3.05) is 102 Å². The minimum Gasteiger partial charge on any atom is -0.379 e. The number of fused-ring (bicyclic) bond motifs is 1. The number of hydrogen-bond donors (Lipinski definition) is 3. The summed E-state index contributed by atoms with van der Waals surface area (Å²) in [4.78, 5) is 189. The Kier molecular flexibility index (Phi) is 29.7. The van der Waals surface area contributed by atoms with Crippen molar-refractivity contribution in [2.45, 2.75) is 235 Å². The summed E-state index contributed by atoms with van der Waals surface area (Å²) < 4.78 is 47.7. The molecule has 3 heterocycles. The summed E-state index contributed by atoms with van der Waals surface area (Å²) in [5.74, 6) is -10.8. The Bertz CT molecular complexity index is 2790. The average molecular weight is 1400 g/mol. The molecule has 0 aromatic heterocycles. The van der Waals surface area contributed by atoms with Crippen LogP contribution in [0.4, 0.5) is 13.2 Å². The molecule has 6 aliphatic rings. The van der Waals surface area contributed by atoms with E-state index in [2.05, 4.69) is 16.0 Å². The molecule has 0 aromatic rings. The van der Waals surface area contributed by atoms with Gasteiger partial charge in [0.2, 0.25) is 70.9 Å². The highest BCUT2D eigenvalue weighted by atomic mass is 35.5. The van der Waals surface area contributed by atoms with Crippen LogP contribution in [-0.4, -0.2) is 276 Å². The van der Waals surface area contributed by atoms with Gasteiger partial charge in [-0.3, -0.25) is 57.5 Å². The molecule has 0 aromatic carbocycles. The standard InChI is InChI=1S/C68H110ClF3N12O13/c1-12-23-49-59(89)74-57(43(4)14-3)64(94)78(7)40-55(87)76(5)41-56(88)80(9)52(42-97-36-13-2)62(92)77(6)39-53(85)73-48(30-28-44-27-29-46(47(69)37-44)68(70,71)72)61(91)84-35-22-26-50(84)60(90)75-67(31-18-19-32-67)66(96)82(11)58(45-24-16-15-17-25-45)65(95)81(10)51(38-54(86)79(49)8)63(93)83-33-20-21-34-83/h43-52,57-58H,12-42H2,1-11H3,(H,73,85)(H,74,89)(H,75,90)/t43-,44?,46?,47?,48-,49-,50-,51-,52-,57-,58-/m0/s1. The quantitative estimate of drug-likeness (QED) is 0.172. The molecule has 6 rings (SSSR count). The molecule has 11 atom stereocenters. The van der Waals surface area contributed by atoms with Crippen molar-refractivity contribution in [3.8, 4) is 0 Å². The molecule has 3 aliphatic heterocycles. The summed E-state index contributed by atoms with van der Waals surface area (Å²) in [7, 11) is 9.77. The number of carbonyl (C=O) groups excluding carboxylic acids is 12. The van der Waals surface area contributed by atoms with Gasteiger partial charge < -0.3 is 64.8 Å². The molecule has 0 radical (unpaired) electrons. The Morgan fingerprint density at radius 3 is 1.86 bits per heavy atom. The Morgan fingerprint density at radius 1 is 0.619 bits per heavy atom. The molecule has 29 heteroatoms. The van der Waals surface area contributed by atoms with Crippen LogP contribution in [0.5, 0.6) is 0 Å². The van der Waals surface area contributed by atoms with Gasteiger partial charge in [0.05, 0.1) is 38.6 Å². The summed E-state index contributed by atoms with van der Waals surface area (Å²) in [5, 5.41) is 7.50. The molecule has 97 heavy (non-hydrogen) atoms. The number of amides is 12. The lowest BCUT2D eigenvalue weighted by molar-refractivity contribution is -0.182. The Morgan fingerprint density at radius 2 is 1.25 bits per heavy atom. The number of rotatable bonds is 13. The normalized spacial score (nSPS) is 29.4. The first-order valence-electron chi connectivity index (χ1n) is 35.4. The third-order valence-corrected chi connectivity index (χ3v) is 21.9. The topological polar surface area (TPSA) is 279 Å². The van der Waals surface area contributed by atoms with Crippen molar-refractivity contribution in [1.82, 2.24) is 60.0 Å². The van der Waals surface area contributed by atoms with Crippen LogP contribution in [-0.2, 0) is 62.3 Å². The van der Waals surface area contributed by atoms with E-state index in [-0.39, 0.29) is 83.5 Å². The number of carbonyl (C=O) groups is 12. The zero-order valence-electron chi connectivity index (χ0n) is 59.2. The highest BCUT2D eigenvalue weighted by Gasteiger charge is 2.52. The maximum atomic E-state index is 15.7. The zero-order chi connectivity index (χ0) is 71.8. The molecular weight excluding hydrogens is 1290 g/mol. The SMILES string of the molecule is CCCOC[C@H]1C(=O)N(C)CC(=O)N[C@@H](CCC2CCC(C(F)(F)F)C(Cl)C2)C(=O)N2CCC[C@H]2C(=O)NC2(CCCC2)C(=O)N(C)[C@@H](C2CCCCC2)C(=O)N(C)[C@H](C(=O)N2CCCC2)CC(=O)N(C)[C@@H](CCC)C(=O)N[C@@H]([C@@H](C)CC)C(=O)N(C)CC(=O)N(C)CC(=O)N1C. The first kappa shape index (κ1) is 79.7. The Hall–Kier alpha value is -6.32. The molecule has 3 saturated heterocycles. The minimum atomic E-state index is -4.51. The first-order valence-corrected chi connectivity index (χ1v) is 35.8. The van der Waals surface area contributed by atoms with E-state index in [0.717, 1.165) is 38.9 Å². The van der Waals surface area contributed by atoms with Crippen LogP contribution >= 0.6 is 11.6 Å². The number of hydrogen-bond acceptors (Lipinski definition) is 13. The number of nitrogens with zero attached hydrogens (tertiary/aromatic N) is 9. The van der Waals surface area contributed by atoms with E-state index in [1.807, 2.05) is 20.8 Å². The zero-order valence-corrected chi connectivity index (χ0v) is 59.9. The van der Waals surface area contributed by atoms with Crippen molar-refractivity contribution in [1.29, 1.82) is 0 Å². The van der Waals surface area contributed by atoms with Gasteiger partial charge in [-0.05, 0) is 114 Å². The fourth-order valence-corrected chi connectivity index (χ4v) is 15.6. The van der Waals surface area contributed by atoms with Crippen molar-refractivity contribution in [3.63, 3.8) is 0 Å². The fourth-order valence-electron chi connectivity index (χ4n) is 15.1. The monoisotopic (exact) mass is 1390 g/mol. The van der Waals surface area contributed by atoms with Gasteiger partial charge in [-0.2, -0.15) is 13.2 Å². The van der Waals surface area contributed by atoms with E-state index in [4.69, 9.17) is 16.3 Å². The van der Waals surface area contributed by atoms with Crippen LogP contribution < -0.4 is 16.0 Å². The summed E-state index contributed by atoms with van der Waals surface area (Å²) in [6.07, 6.45) is 3.24. The minimum absolute atomic E-state index is 0.0111. The van der Waals surface area contributed by atoms with Gasteiger partial charge in [0.1, 0.15) is 47.8 Å². The maximum Gasteiger partial charge on any atom is 0.393 e. The third kappa shape index (κ3) is 20.2. The number of nitrogens with one attached hydrogen (secondary N) is 3. The van der Waals surface area contributed by atoms with Gasteiger partial charge in [-0.25, -0.2) is 0 Å². The number of likely N-dealkylation sites (tertiary alicyclic amines) is 1. The molecule has 6 fully saturated rings. The molecule has 1 spiro atoms. The molecule has 548 valence electrons. The second-order valence-corrected chi connectivity index (χ2v) is 28.9. The van der Waals surface area contributed by atoms with Gasteiger partial charge in [-0.1, -0.05) is 72.6 Å². The Balaban J connectivity index is 1.41. The van der Waals surface area contributed by atoms with E-state index in [9.17, 15) is 51.5 Å². The van der Waals surface area contributed by atoms with E-state index >= 15 is 19.2 Å². The van der Waals surface area contributed by atoms with Crippen LogP contribution in [0.25, 0.3) is 0 Å². The maximum absolute atomic E-state index is 15.7. The lowest BCUT2D eigenvalue weighted by Crippen LogP contribution is -2.65. The molecule has 3 aliphatic carbocycles. The predicted molar refractivity (Wildman–Crippen MR) is 355 cm³/mol.